The molecule has 1 fully saturated rings. The van der Waals surface area contributed by atoms with Crippen LogP contribution in [-0.4, -0.2) is 37.6 Å². The average molecular weight is 394 g/mol. The number of halogens is 2. The van der Waals surface area contributed by atoms with Crippen LogP contribution in [0, 0.1) is 11.6 Å². The number of aliphatic imine (C=N–C) groups is 1. The molecule has 0 amide bonds. The highest BCUT2D eigenvalue weighted by molar-refractivity contribution is 7.13. The van der Waals surface area contributed by atoms with Crippen LogP contribution in [0.15, 0.2) is 28.6 Å². The molecule has 27 heavy (non-hydrogen) atoms. The van der Waals surface area contributed by atoms with Gasteiger partial charge in [-0.1, -0.05) is 6.07 Å². The Morgan fingerprint density at radius 3 is 2.78 bits per heavy atom. The van der Waals surface area contributed by atoms with Gasteiger partial charge in [0.05, 0.1) is 11.7 Å². The summed E-state index contributed by atoms with van der Waals surface area (Å²) in [5.74, 6) is -1.08. The number of guanidine groups is 1. The second-order valence-corrected chi connectivity index (χ2v) is 7.44. The number of benzene rings is 1. The van der Waals surface area contributed by atoms with E-state index in [9.17, 15) is 8.78 Å². The third-order valence-corrected chi connectivity index (χ3v) is 5.56. The number of aromatic nitrogens is 1. The molecule has 0 saturated carbocycles. The van der Waals surface area contributed by atoms with E-state index in [1.54, 1.807) is 24.5 Å². The Bertz CT molecular complexity index is 786. The lowest BCUT2D eigenvalue weighted by molar-refractivity contribution is 0.504. The van der Waals surface area contributed by atoms with E-state index in [0.717, 1.165) is 36.4 Å². The van der Waals surface area contributed by atoms with Crippen molar-refractivity contribution in [3.05, 3.63) is 46.5 Å². The SMILES string of the molecule is CN=C(NCCc1csc(N2CCCC2)n1)NC(C)c1ccc(F)c(F)c1. The summed E-state index contributed by atoms with van der Waals surface area (Å²) in [5, 5.41) is 9.65. The minimum Gasteiger partial charge on any atom is -0.356 e. The first-order chi connectivity index (χ1) is 13.1. The normalized spacial score (nSPS) is 15.9. The molecule has 1 aromatic carbocycles. The molecule has 1 aliphatic rings. The van der Waals surface area contributed by atoms with Gasteiger partial charge in [-0.3, -0.25) is 4.99 Å². The van der Waals surface area contributed by atoms with E-state index in [2.05, 4.69) is 25.9 Å². The van der Waals surface area contributed by atoms with Gasteiger partial charge in [0.1, 0.15) is 0 Å². The number of hydrogen-bond acceptors (Lipinski definition) is 4. The number of hydrogen-bond donors (Lipinski definition) is 2. The highest BCUT2D eigenvalue weighted by Crippen LogP contribution is 2.24. The molecule has 0 spiro atoms. The maximum atomic E-state index is 13.4. The van der Waals surface area contributed by atoms with E-state index >= 15 is 0 Å². The van der Waals surface area contributed by atoms with Crippen molar-refractivity contribution in [3.8, 4) is 0 Å². The Morgan fingerprint density at radius 1 is 1.30 bits per heavy atom. The summed E-state index contributed by atoms with van der Waals surface area (Å²) in [6.07, 6.45) is 3.29. The topological polar surface area (TPSA) is 52.6 Å². The molecule has 0 radical (unpaired) electrons. The molecule has 1 aliphatic heterocycles. The number of rotatable bonds is 6. The highest BCUT2D eigenvalue weighted by atomic mass is 32.1. The Kier molecular flexibility index (Phi) is 6.60. The Morgan fingerprint density at radius 2 is 2.07 bits per heavy atom. The smallest absolute Gasteiger partial charge is 0.191 e. The van der Waals surface area contributed by atoms with Crippen molar-refractivity contribution in [3.63, 3.8) is 0 Å². The molecular formula is C19H25F2N5S. The molecule has 2 aromatic rings. The van der Waals surface area contributed by atoms with Gasteiger partial charge in [0, 0.05) is 38.5 Å². The second kappa shape index (κ2) is 9.12. The molecular weight excluding hydrogens is 368 g/mol. The zero-order valence-electron chi connectivity index (χ0n) is 15.6. The molecule has 2 N–H and O–H groups in total. The molecule has 3 rings (SSSR count). The van der Waals surface area contributed by atoms with Gasteiger partial charge >= 0.3 is 0 Å². The van der Waals surface area contributed by atoms with E-state index in [-0.39, 0.29) is 6.04 Å². The lowest BCUT2D eigenvalue weighted by Gasteiger charge is -2.18. The van der Waals surface area contributed by atoms with Gasteiger partial charge in [-0.25, -0.2) is 13.8 Å². The fourth-order valence-corrected chi connectivity index (χ4v) is 3.95. The lowest BCUT2D eigenvalue weighted by atomic mass is 10.1. The van der Waals surface area contributed by atoms with E-state index in [1.165, 1.54) is 18.9 Å². The predicted octanol–water partition coefficient (Wildman–Crippen LogP) is 3.49. The number of thiazole rings is 1. The first kappa shape index (κ1) is 19.5. The average Bonchev–Trinajstić information content (AvgIpc) is 3.34. The van der Waals surface area contributed by atoms with Crippen LogP contribution in [0.1, 0.15) is 37.1 Å². The predicted molar refractivity (Wildman–Crippen MR) is 107 cm³/mol. The third kappa shape index (κ3) is 5.15. The summed E-state index contributed by atoms with van der Waals surface area (Å²) in [4.78, 5) is 11.2. The molecule has 5 nitrogen and oxygen atoms in total. The maximum Gasteiger partial charge on any atom is 0.191 e. The largest absolute Gasteiger partial charge is 0.356 e. The Hall–Kier alpha value is -2.22. The molecule has 1 aromatic heterocycles. The van der Waals surface area contributed by atoms with Gasteiger partial charge in [0.2, 0.25) is 0 Å². The van der Waals surface area contributed by atoms with E-state index < -0.39 is 11.6 Å². The van der Waals surface area contributed by atoms with Gasteiger partial charge in [0.25, 0.3) is 0 Å². The van der Waals surface area contributed by atoms with Crippen molar-refractivity contribution < 1.29 is 8.78 Å². The zero-order chi connectivity index (χ0) is 19.2. The van der Waals surface area contributed by atoms with Crippen molar-refractivity contribution in [1.82, 2.24) is 15.6 Å². The first-order valence-corrected chi connectivity index (χ1v) is 10.1. The zero-order valence-corrected chi connectivity index (χ0v) is 16.5. The summed E-state index contributed by atoms with van der Waals surface area (Å²) in [6.45, 7) is 4.77. The number of anilines is 1. The van der Waals surface area contributed by atoms with E-state index in [1.807, 2.05) is 6.92 Å². The maximum absolute atomic E-state index is 13.4. The quantitative estimate of drug-likeness (QED) is 0.583. The minimum absolute atomic E-state index is 0.202. The van der Waals surface area contributed by atoms with E-state index in [4.69, 9.17) is 4.98 Å². The van der Waals surface area contributed by atoms with Gasteiger partial charge in [-0.05, 0) is 37.5 Å². The lowest BCUT2D eigenvalue weighted by Crippen LogP contribution is -2.39. The van der Waals surface area contributed by atoms with Gasteiger partial charge in [-0.15, -0.1) is 11.3 Å². The van der Waals surface area contributed by atoms with Crippen molar-refractivity contribution in [2.75, 3.05) is 31.6 Å². The number of nitrogens with one attached hydrogen (secondary N) is 2. The van der Waals surface area contributed by atoms with Gasteiger partial charge in [0.15, 0.2) is 22.7 Å². The van der Waals surface area contributed by atoms with Crippen molar-refractivity contribution in [1.29, 1.82) is 0 Å². The molecule has 2 heterocycles. The summed E-state index contributed by atoms with van der Waals surface area (Å²) >= 11 is 1.70. The van der Waals surface area contributed by atoms with Crippen molar-refractivity contribution in [2.24, 2.45) is 4.99 Å². The van der Waals surface area contributed by atoms with Crippen LogP contribution in [0.4, 0.5) is 13.9 Å². The first-order valence-electron chi connectivity index (χ1n) is 9.18. The summed E-state index contributed by atoms with van der Waals surface area (Å²) in [7, 11) is 1.68. The molecule has 1 atom stereocenters. The monoisotopic (exact) mass is 393 g/mol. The van der Waals surface area contributed by atoms with Crippen LogP contribution >= 0.6 is 11.3 Å². The fourth-order valence-electron chi connectivity index (χ4n) is 3.04. The van der Waals surface area contributed by atoms with Crippen LogP contribution in [0.25, 0.3) is 0 Å². The van der Waals surface area contributed by atoms with Crippen LogP contribution in [0.3, 0.4) is 0 Å². The molecule has 0 bridgehead atoms. The van der Waals surface area contributed by atoms with Crippen molar-refractivity contribution in [2.45, 2.75) is 32.2 Å². The molecule has 0 aliphatic carbocycles. The van der Waals surface area contributed by atoms with E-state index in [0.29, 0.717) is 18.1 Å². The Balaban J connectivity index is 1.48. The molecule has 1 saturated heterocycles. The van der Waals surface area contributed by atoms with Crippen LogP contribution in [0.5, 0.6) is 0 Å². The third-order valence-electron chi connectivity index (χ3n) is 4.61. The summed E-state index contributed by atoms with van der Waals surface area (Å²) < 4.78 is 26.5. The number of nitrogens with zero attached hydrogens (tertiary/aromatic N) is 3. The molecule has 1 unspecified atom stereocenters. The summed E-state index contributed by atoms with van der Waals surface area (Å²) in [5.41, 5.74) is 1.73. The van der Waals surface area contributed by atoms with Crippen LogP contribution in [-0.2, 0) is 6.42 Å². The Labute approximate surface area is 162 Å². The fraction of sp³-hybridized carbons (Fsp3) is 0.474. The highest BCUT2D eigenvalue weighted by Gasteiger charge is 2.15. The minimum atomic E-state index is -0.846. The van der Waals surface area contributed by atoms with Crippen molar-refractivity contribution >= 4 is 22.4 Å². The molecule has 146 valence electrons. The second-order valence-electron chi connectivity index (χ2n) is 6.60. The summed E-state index contributed by atoms with van der Waals surface area (Å²) in [6, 6.07) is 3.71. The standard InChI is InChI=1S/C19H25F2N5S/c1-13(14-5-6-16(20)17(21)11-14)24-18(22-2)23-8-7-15-12-27-19(25-15)26-9-3-4-10-26/h5-6,11-13H,3-4,7-10H2,1-2H3,(H2,22,23,24). The van der Waals surface area contributed by atoms with Gasteiger partial charge < -0.3 is 15.5 Å². The van der Waals surface area contributed by atoms with Crippen LogP contribution < -0.4 is 15.5 Å². The van der Waals surface area contributed by atoms with Gasteiger partial charge in [-0.2, -0.15) is 0 Å². The molecule has 8 heteroatoms. The van der Waals surface area contributed by atoms with Crippen LogP contribution in [0.2, 0.25) is 0 Å².